The number of hydrogen-bond donors (Lipinski definition) is 2. The minimum absolute atomic E-state index is 0.0507. The predicted molar refractivity (Wildman–Crippen MR) is 75.6 cm³/mol. The van der Waals surface area contributed by atoms with Crippen molar-refractivity contribution in [2.24, 2.45) is 5.92 Å². The molecular weight excluding hydrogens is 238 g/mol. The standard InChI is InChI=1S/C16H23NO2/c18-12-15(14-8-2-1-3-9-14)17-16(19)11-10-13-6-4-5-7-13/h1-3,8-9,13,15,18H,4-7,10-12H2,(H,17,19)/t15-/m1/s1. The minimum Gasteiger partial charge on any atom is -0.394 e. The monoisotopic (exact) mass is 261 g/mol. The van der Waals surface area contributed by atoms with Gasteiger partial charge in [-0.05, 0) is 17.9 Å². The van der Waals surface area contributed by atoms with E-state index >= 15 is 0 Å². The average Bonchev–Trinajstić information content (AvgIpc) is 2.97. The lowest BCUT2D eigenvalue weighted by molar-refractivity contribution is -0.122. The lowest BCUT2D eigenvalue weighted by Gasteiger charge is -2.17. The fourth-order valence-corrected chi connectivity index (χ4v) is 2.82. The number of rotatable bonds is 6. The van der Waals surface area contributed by atoms with Gasteiger partial charge in [-0.1, -0.05) is 56.0 Å². The van der Waals surface area contributed by atoms with E-state index in [1.807, 2.05) is 30.3 Å². The van der Waals surface area contributed by atoms with Crippen LogP contribution in [0, 0.1) is 5.92 Å². The highest BCUT2D eigenvalue weighted by Crippen LogP contribution is 2.28. The normalized spacial score (nSPS) is 17.3. The van der Waals surface area contributed by atoms with Gasteiger partial charge in [-0.3, -0.25) is 4.79 Å². The summed E-state index contributed by atoms with van der Waals surface area (Å²) in [5.74, 6) is 0.782. The summed E-state index contributed by atoms with van der Waals surface area (Å²) in [4.78, 5) is 11.9. The van der Waals surface area contributed by atoms with Gasteiger partial charge in [-0.15, -0.1) is 0 Å². The topological polar surface area (TPSA) is 49.3 Å². The zero-order chi connectivity index (χ0) is 13.5. The molecule has 0 aromatic heterocycles. The smallest absolute Gasteiger partial charge is 0.220 e. The molecule has 0 heterocycles. The van der Waals surface area contributed by atoms with Gasteiger partial charge >= 0.3 is 0 Å². The molecule has 2 rings (SSSR count). The molecule has 0 radical (unpaired) electrons. The second-order valence-electron chi connectivity index (χ2n) is 5.40. The molecule has 3 heteroatoms. The number of aliphatic hydroxyl groups is 1. The Morgan fingerprint density at radius 2 is 1.95 bits per heavy atom. The molecular formula is C16H23NO2. The maximum atomic E-state index is 11.9. The van der Waals surface area contributed by atoms with Crippen molar-refractivity contribution in [3.8, 4) is 0 Å². The fraction of sp³-hybridized carbons (Fsp3) is 0.562. The molecule has 1 atom stereocenters. The molecule has 0 unspecified atom stereocenters. The van der Waals surface area contributed by atoms with Crippen molar-refractivity contribution in [3.05, 3.63) is 35.9 Å². The van der Waals surface area contributed by atoms with Crippen LogP contribution in [0.2, 0.25) is 0 Å². The third-order valence-corrected chi connectivity index (χ3v) is 3.97. The Morgan fingerprint density at radius 1 is 1.26 bits per heavy atom. The summed E-state index contributed by atoms with van der Waals surface area (Å²) in [5.41, 5.74) is 0.958. The van der Waals surface area contributed by atoms with E-state index in [1.54, 1.807) is 0 Å². The van der Waals surface area contributed by atoms with Gasteiger partial charge in [0.25, 0.3) is 0 Å². The van der Waals surface area contributed by atoms with Crippen LogP contribution in [0.5, 0.6) is 0 Å². The van der Waals surface area contributed by atoms with Gasteiger partial charge in [0.15, 0.2) is 0 Å². The van der Waals surface area contributed by atoms with Crippen molar-refractivity contribution >= 4 is 5.91 Å². The molecule has 1 aliphatic rings. The second-order valence-corrected chi connectivity index (χ2v) is 5.40. The van der Waals surface area contributed by atoms with E-state index in [4.69, 9.17) is 0 Å². The van der Waals surface area contributed by atoms with Crippen molar-refractivity contribution in [2.45, 2.75) is 44.6 Å². The van der Waals surface area contributed by atoms with Gasteiger partial charge in [-0.2, -0.15) is 0 Å². The maximum Gasteiger partial charge on any atom is 0.220 e. The summed E-state index contributed by atoms with van der Waals surface area (Å²) in [6.07, 6.45) is 6.74. The Morgan fingerprint density at radius 3 is 2.58 bits per heavy atom. The van der Waals surface area contributed by atoms with Crippen LogP contribution < -0.4 is 5.32 Å². The number of benzene rings is 1. The SMILES string of the molecule is O=C(CCC1CCCC1)N[C@H](CO)c1ccccc1. The van der Waals surface area contributed by atoms with E-state index in [9.17, 15) is 9.90 Å². The summed E-state index contributed by atoms with van der Waals surface area (Å²) in [6, 6.07) is 9.35. The third-order valence-electron chi connectivity index (χ3n) is 3.97. The summed E-state index contributed by atoms with van der Waals surface area (Å²) in [7, 11) is 0. The van der Waals surface area contributed by atoms with E-state index in [-0.39, 0.29) is 18.6 Å². The first kappa shape index (κ1) is 14.1. The van der Waals surface area contributed by atoms with Crippen LogP contribution >= 0.6 is 0 Å². The van der Waals surface area contributed by atoms with Crippen LogP contribution in [0.15, 0.2) is 30.3 Å². The molecule has 3 nitrogen and oxygen atoms in total. The van der Waals surface area contributed by atoms with Crippen LogP contribution in [-0.4, -0.2) is 17.6 Å². The van der Waals surface area contributed by atoms with E-state index in [2.05, 4.69) is 5.32 Å². The first-order valence-electron chi connectivity index (χ1n) is 7.24. The van der Waals surface area contributed by atoms with E-state index in [0.717, 1.165) is 17.9 Å². The third kappa shape index (κ3) is 4.35. The van der Waals surface area contributed by atoms with Crippen LogP contribution in [0.25, 0.3) is 0 Å². The predicted octanol–water partition coefficient (Wildman–Crippen LogP) is 2.81. The number of carbonyl (C=O) groups excluding carboxylic acids is 1. The molecule has 1 aliphatic carbocycles. The van der Waals surface area contributed by atoms with Crippen molar-refractivity contribution in [1.29, 1.82) is 0 Å². The van der Waals surface area contributed by atoms with Gasteiger partial charge in [-0.25, -0.2) is 0 Å². The molecule has 1 amide bonds. The van der Waals surface area contributed by atoms with Crippen molar-refractivity contribution < 1.29 is 9.90 Å². The number of aliphatic hydroxyl groups excluding tert-OH is 1. The van der Waals surface area contributed by atoms with Crippen LogP contribution in [0.4, 0.5) is 0 Å². The lowest BCUT2D eigenvalue weighted by Crippen LogP contribution is -2.30. The number of hydrogen-bond acceptors (Lipinski definition) is 2. The molecule has 0 spiro atoms. The van der Waals surface area contributed by atoms with Crippen molar-refractivity contribution in [2.75, 3.05) is 6.61 Å². The Labute approximate surface area is 115 Å². The van der Waals surface area contributed by atoms with Crippen molar-refractivity contribution in [1.82, 2.24) is 5.32 Å². The van der Waals surface area contributed by atoms with E-state index < -0.39 is 0 Å². The maximum absolute atomic E-state index is 11.9. The van der Waals surface area contributed by atoms with E-state index in [1.165, 1.54) is 25.7 Å². The molecule has 2 N–H and O–H groups in total. The van der Waals surface area contributed by atoms with Crippen LogP contribution in [0.1, 0.15) is 50.1 Å². The summed E-state index contributed by atoms with van der Waals surface area (Å²) < 4.78 is 0. The Hall–Kier alpha value is -1.35. The summed E-state index contributed by atoms with van der Waals surface area (Å²) in [5, 5.41) is 12.3. The lowest BCUT2D eigenvalue weighted by atomic mass is 10.0. The van der Waals surface area contributed by atoms with Crippen LogP contribution in [-0.2, 0) is 4.79 Å². The number of carbonyl (C=O) groups is 1. The molecule has 0 bridgehead atoms. The van der Waals surface area contributed by atoms with Gasteiger partial charge in [0.2, 0.25) is 5.91 Å². The molecule has 1 saturated carbocycles. The highest BCUT2D eigenvalue weighted by molar-refractivity contribution is 5.76. The van der Waals surface area contributed by atoms with Crippen molar-refractivity contribution in [3.63, 3.8) is 0 Å². The minimum atomic E-state index is -0.280. The quantitative estimate of drug-likeness (QED) is 0.827. The summed E-state index contributed by atoms with van der Waals surface area (Å²) in [6.45, 7) is -0.0564. The van der Waals surface area contributed by atoms with E-state index in [0.29, 0.717) is 6.42 Å². The summed E-state index contributed by atoms with van der Waals surface area (Å²) >= 11 is 0. The molecule has 0 aliphatic heterocycles. The highest BCUT2D eigenvalue weighted by atomic mass is 16.3. The van der Waals surface area contributed by atoms with Gasteiger partial charge in [0.05, 0.1) is 12.6 Å². The molecule has 0 saturated heterocycles. The van der Waals surface area contributed by atoms with Gasteiger partial charge < -0.3 is 10.4 Å². The molecule has 19 heavy (non-hydrogen) atoms. The fourth-order valence-electron chi connectivity index (χ4n) is 2.82. The molecule has 1 fully saturated rings. The second kappa shape index (κ2) is 7.29. The Balaban J connectivity index is 1.79. The highest BCUT2D eigenvalue weighted by Gasteiger charge is 2.18. The zero-order valence-electron chi connectivity index (χ0n) is 11.3. The largest absolute Gasteiger partial charge is 0.394 e. The Kier molecular flexibility index (Phi) is 5.40. The molecule has 1 aromatic rings. The number of nitrogens with one attached hydrogen (secondary N) is 1. The molecule has 1 aromatic carbocycles. The van der Waals surface area contributed by atoms with Gasteiger partial charge in [0.1, 0.15) is 0 Å². The molecule has 104 valence electrons. The first-order valence-corrected chi connectivity index (χ1v) is 7.24. The number of amides is 1. The first-order chi connectivity index (χ1) is 9.29. The zero-order valence-corrected chi connectivity index (χ0v) is 11.3. The average molecular weight is 261 g/mol. The van der Waals surface area contributed by atoms with Crippen LogP contribution in [0.3, 0.4) is 0 Å². The van der Waals surface area contributed by atoms with Gasteiger partial charge in [0, 0.05) is 6.42 Å². The Bertz CT molecular complexity index is 385.